The Hall–Kier alpha value is -2.14. The van der Waals surface area contributed by atoms with Crippen molar-refractivity contribution < 1.29 is 9.47 Å². The average Bonchev–Trinajstić information content (AvgIpc) is 2.74. The Balaban J connectivity index is 1.51. The number of rotatable bonds is 7. The van der Waals surface area contributed by atoms with Gasteiger partial charge in [0.1, 0.15) is 5.82 Å². The van der Waals surface area contributed by atoms with Crippen molar-refractivity contribution in [3.63, 3.8) is 0 Å². The summed E-state index contributed by atoms with van der Waals surface area (Å²) in [5, 5.41) is 3.85. The van der Waals surface area contributed by atoms with Crippen LogP contribution in [0.25, 0.3) is 0 Å². The van der Waals surface area contributed by atoms with Crippen molar-refractivity contribution in [3.05, 3.63) is 47.5 Å². The summed E-state index contributed by atoms with van der Waals surface area (Å²) in [6.07, 6.45) is 9.30. The van der Waals surface area contributed by atoms with E-state index in [0.29, 0.717) is 17.9 Å². The Labute approximate surface area is 174 Å². The van der Waals surface area contributed by atoms with Crippen LogP contribution >= 0.6 is 0 Å². The van der Waals surface area contributed by atoms with Crippen molar-refractivity contribution in [1.82, 2.24) is 15.3 Å². The summed E-state index contributed by atoms with van der Waals surface area (Å²) in [4.78, 5) is 9.04. The number of hydrogen-bond donors (Lipinski definition) is 1. The topological polar surface area (TPSA) is 56.3 Å². The molecule has 0 unspecified atom stereocenters. The minimum atomic E-state index is 0.362. The molecule has 0 aliphatic heterocycles. The summed E-state index contributed by atoms with van der Waals surface area (Å²) in [5.41, 5.74) is 2.51. The van der Waals surface area contributed by atoms with Gasteiger partial charge < -0.3 is 14.8 Å². The van der Waals surface area contributed by atoms with Gasteiger partial charge in [0.05, 0.1) is 14.2 Å². The van der Waals surface area contributed by atoms with Crippen molar-refractivity contribution >= 4 is 0 Å². The first-order valence-corrected chi connectivity index (χ1v) is 10.9. The fourth-order valence-electron chi connectivity index (χ4n) is 5.25. The normalized spacial score (nSPS) is 26.0. The number of methoxy groups -OCH3 is 2. The van der Waals surface area contributed by atoms with E-state index >= 15 is 0 Å². The number of ether oxygens (including phenoxy) is 2. The summed E-state index contributed by atoms with van der Waals surface area (Å²) in [6, 6.07) is 6.92. The summed E-state index contributed by atoms with van der Waals surface area (Å²) in [6.45, 7) is 5.06. The number of hydrogen-bond acceptors (Lipinski definition) is 5. The predicted molar refractivity (Wildman–Crippen MR) is 114 cm³/mol. The third kappa shape index (κ3) is 3.97. The lowest BCUT2D eigenvalue weighted by Crippen LogP contribution is -2.57. The second-order valence-corrected chi connectivity index (χ2v) is 8.76. The first-order chi connectivity index (χ1) is 14.1. The molecular formula is C24H33N3O2. The highest BCUT2D eigenvalue weighted by atomic mass is 16.5. The van der Waals surface area contributed by atoms with Crippen LogP contribution in [0.2, 0.25) is 0 Å². The molecule has 2 aliphatic carbocycles. The van der Waals surface area contributed by atoms with Crippen LogP contribution in [0.3, 0.4) is 0 Å². The van der Waals surface area contributed by atoms with Crippen molar-refractivity contribution in [2.45, 2.75) is 64.0 Å². The second kappa shape index (κ2) is 8.70. The zero-order valence-corrected chi connectivity index (χ0v) is 18.0. The van der Waals surface area contributed by atoms with Crippen LogP contribution in [-0.2, 0) is 6.54 Å². The summed E-state index contributed by atoms with van der Waals surface area (Å²) in [5.74, 6) is 4.94. The molecule has 0 amide bonds. The van der Waals surface area contributed by atoms with E-state index in [-0.39, 0.29) is 0 Å². The average molecular weight is 396 g/mol. The molecule has 2 aliphatic rings. The van der Waals surface area contributed by atoms with Crippen LogP contribution in [0.1, 0.15) is 68.3 Å². The second-order valence-electron chi connectivity index (χ2n) is 8.76. The maximum atomic E-state index is 5.56. The standard InChI is InChI=1S/C24H33N3O2/c1-15(2)24-26-13-16(14-27-24)12-25-23-19-8-6-5-7-18(19)22(23)17-9-10-20(28-3)21(11-17)29-4/h9-11,13-15,18-19,22-23,25H,5-8,12H2,1-4H3/t18-,19-,22-,23-/m0/s1. The molecule has 0 radical (unpaired) electrons. The highest BCUT2D eigenvalue weighted by Crippen LogP contribution is 2.55. The Morgan fingerprint density at radius 1 is 1.00 bits per heavy atom. The third-order valence-corrected chi connectivity index (χ3v) is 6.76. The minimum absolute atomic E-state index is 0.362. The molecule has 2 fully saturated rings. The molecule has 2 saturated carbocycles. The van der Waals surface area contributed by atoms with Crippen LogP contribution < -0.4 is 14.8 Å². The number of aromatic nitrogens is 2. The van der Waals surface area contributed by atoms with Gasteiger partial charge in [0, 0.05) is 42.4 Å². The quantitative estimate of drug-likeness (QED) is 0.738. The molecule has 0 saturated heterocycles. The highest BCUT2D eigenvalue weighted by Gasteiger charge is 2.51. The lowest BCUT2D eigenvalue weighted by atomic mass is 9.53. The van der Waals surface area contributed by atoms with Crippen molar-refractivity contribution in [2.24, 2.45) is 11.8 Å². The van der Waals surface area contributed by atoms with E-state index in [1.54, 1.807) is 14.2 Å². The van der Waals surface area contributed by atoms with Gasteiger partial charge in [0.15, 0.2) is 11.5 Å². The zero-order valence-electron chi connectivity index (χ0n) is 18.0. The monoisotopic (exact) mass is 395 g/mol. The molecule has 5 heteroatoms. The Kier molecular flexibility index (Phi) is 6.04. The van der Waals surface area contributed by atoms with E-state index in [9.17, 15) is 0 Å². The molecular weight excluding hydrogens is 362 g/mol. The smallest absolute Gasteiger partial charge is 0.160 e. The predicted octanol–water partition coefficient (Wildman–Crippen LogP) is 4.68. The van der Waals surface area contributed by atoms with Gasteiger partial charge in [0.25, 0.3) is 0 Å². The molecule has 1 N–H and O–H groups in total. The molecule has 29 heavy (non-hydrogen) atoms. The van der Waals surface area contributed by atoms with Gasteiger partial charge in [0.2, 0.25) is 0 Å². The minimum Gasteiger partial charge on any atom is -0.493 e. The summed E-state index contributed by atoms with van der Waals surface area (Å²) >= 11 is 0. The van der Waals surface area contributed by atoms with Crippen LogP contribution in [0.4, 0.5) is 0 Å². The van der Waals surface area contributed by atoms with Crippen LogP contribution in [0, 0.1) is 11.8 Å². The van der Waals surface area contributed by atoms with E-state index in [2.05, 4.69) is 41.3 Å². The van der Waals surface area contributed by atoms with Gasteiger partial charge in [-0.1, -0.05) is 32.8 Å². The first kappa shape index (κ1) is 20.1. The van der Waals surface area contributed by atoms with Gasteiger partial charge in [-0.3, -0.25) is 0 Å². The fourth-order valence-corrected chi connectivity index (χ4v) is 5.25. The Morgan fingerprint density at radius 3 is 2.34 bits per heavy atom. The summed E-state index contributed by atoms with van der Waals surface area (Å²) in [7, 11) is 3.40. The largest absolute Gasteiger partial charge is 0.493 e. The maximum Gasteiger partial charge on any atom is 0.160 e. The third-order valence-electron chi connectivity index (χ3n) is 6.76. The van der Waals surface area contributed by atoms with E-state index < -0.39 is 0 Å². The van der Waals surface area contributed by atoms with E-state index in [1.807, 2.05) is 18.5 Å². The van der Waals surface area contributed by atoms with Gasteiger partial charge in [-0.05, 0) is 42.4 Å². The lowest BCUT2D eigenvalue weighted by molar-refractivity contribution is 0.0252. The van der Waals surface area contributed by atoms with Crippen LogP contribution in [-0.4, -0.2) is 30.2 Å². The molecule has 5 nitrogen and oxygen atoms in total. The molecule has 4 rings (SSSR count). The SMILES string of the molecule is COc1ccc([C@H]2[C@H]3CCCC[C@@H]3[C@@H]2NCc2cnc(C(C)C)nc2)cc1OC. The maximum absolute atomic E-state index is 5.56. The molecule has 0 bridgehead atoms. The molecule has 1 heterocycles. The number of nitrogens with one attached hydrogen (secondary N) is 1. The number of nitrogens with zero attached hydrogens (tertiary/aromatic N) is 2. The lowest BCUT2D eigenvalue weighted by Gasteiger charge is -2.55. The molecule has 1 aromatic carbocycles. The molecule has 2 aromatic rings. The highest BCUT2D eigenvalue weighted by molar-refractivity contribution is 5.45. The van der Waals surface area contributed by atoms with Crippen molar-refractivity contribution in [3.8, 4) is 11.5 Å². The summed E-state index contributed by atoms with van der Waals surface area (Å²) < 4.78 is 11.0. The van der Waals surface area contributed by atoms with Gasteiger partial charge in [-0.25, -0.2) is 9.97 Å². The fraction of sp³-hybridized carbons (Fsp3) is 0.583. The van der Waals surface area contributed by atoms with Crippen molar-refractivity contribution in [2.75, 3.05) is 14.2 Å². The van der Waals surface area contributed by atoms with Gasteiger partial charge in [-0.2, -0.15) is 0 Å². The van der Waals surface area contributed by atoms with Gasteiger partial charge >= 0.3 is 0 Å². The zero-order chi connectivity index (χ0) is 20.4. The van der Waals surface area contributed by atoms with Crippen LogP contribution in [0.5, 0.6) is 11.5 Å². The van der Waals surface area contributed by atoms with E-state index in [0.717, 1.165) is 41.3 Å². The Bertz CT molecular complexity index is 821. The number of benzene rings is 1. The van der Waals surface area contributed by atoms with Crippen molar-refractivity contribution in [1.29, 1.82) is 0 Å². The van der Waals surface area contributed by atoms with E-state index in [4.69, 9.17) is 9.47 Å². The first-order valence-electron chi connectivity index (χ1n) is 10.9. The Morgan fingerprint density at radius 2 is 1.69 bits per heavy atom. The molecule has 4 atom stereocenters. The molecule has 0 spiro atoms. The van der Waals surface area contributed by atoms with E-state index in [1.165, 1.54) is 31.2 Å². The number of fused-ring (bicyclic) bond motifs is 1. The molecule has 156 valence electrons. The van der Waals surface area contributed by atoms with Crippen LogP contribution in [0.15, 0.2) is 30.6 Å². The molecule has 1 aromatic heterocycles. The van der Waals surface area contributed by atoms with Gasteiger partial charge in [-0.15, -0.1) is 0 Å².